The van der Waals surface area contributed by atoms with E-state index in [4.69, 9.17) is 5.10 Å². The number of hydrogen-bond acceptors (Lipinski definition) is 8. The number of halogens is 1. The maximum atomic E-state index is 14.4. The Kier molecular flexibility index (Phi) is 9.32. The lowest BCUT2D eigenvalue weighted by molar-refractivity contribution is 0.173. The van der Waals surface area contributed by atoms with Crippen LogP contribution in [0.4, 0.5) is 15.8 Å². The van der Waals surface area contributed by atoms with Gasteiger partial charge >= 0.3 is 0 Å². The predicted molar refractivity (Wildman–Crippen MR) is 243 cm³/mol. The highest BCUT2D eigenvalue weighted by Crippen LogP contribution is 2.49. The standard InChI is InChI=1S/C51H45FN8O2/c1-59(2)27-29-7-3-8-33(25-29)46-42(48-44-37(50(61)57-55-48)9-4-11-40(44)53-46)31-15-13-30(14-16-31)39-26-34(17-18-35(39)28-60-23-6-24-60)47-43(32-19-21-36(52)22-20-32)49-45-38(51(62)58-56-49)10-5-12-41(45)54-47/h3-5,7-22,25-26,42-43,46-47,53-54H,6,23-24,27-28H2,1-2H3,(H,57,61)(H,58,62). The Morgan fingerprint density at radius 3 is 1.76 bits per heavy atom. The van der Waals surface area contributed by atoms with Gasteiger partial charge in [0.25, 0.3) is 11.1 Å². The van der Waals surface area contributed by atoms with Crippen LogP contribution >= 0.6 is 0 Å². The zero-order chi connectivity index (χ0) is 42.1. The summed E-state index contributed by atoms with van der Waals surface area (Å²) >= 11 is 0. The van der Waals surface area contributed by atoms with Gasteiger partial charge in [-0.2, -0.15) is 10.2 Å². The molecule has 3 aliphatic rings. The summed E-state index contributed by atoms with van der Waals surface area (Å²) in [6.45, 7) is 3.77. The second kappa shape index (κ2) is 15.2. The summed E-state index contributed by atoms with van der Waals surface area (Å²) in [5.41, 5.74) is 11.7. The van der Waals surface area contributed by atoms with Crippen molar-refractivity contribution in [2.45, 2.75) is 43.4 Å². The number of H-pyrrole nitrogens is 2. The van der Waals surface area contributed by atoms with Crippen LogP contribution in [0.1, 0.15) is 75.1 Å². The van der Waals surface area contributed by atoms with E-state index in [-0.39, 0.29) is 40.9 Å². The summed E-state index contributed by atoms with van der Waals surface area (Å²) in [4.78, 5) is 30.7. The molecule has 3 aliphatic heterocycles. The summed E-state index contributed by atoms with van der Waals surface area (Å²) in [6, 6.07) is 42.0. The Balaban J connectivity index is 1.03. The lowest BCUT2D eigenvalue weighted by atomic mass is 9.78. The largest absolute Gasteiger partial charge is 0.377 e. The van der Waals surface area contributed by atoms with Gasteiger partial charge in [0.05, 0.1) is 46.1 Å². The molecule has 2 aromatic heterocycles. The molecule has 0 bridgehead atoms. The fourth-order valence-electron chi connectivity index (χ4n) is 10.0. The third-order valence-electron chi connectivity index (χ3n) is 13.0. The monoisotopic (exact) mass is 820 g/mol. The molecule has 4 N–H and O–H groups in total. The van der Waals surface area contributed by atoms with Gasteiger partial charge in [-0.05, 0) is 121 Å². The normalized spacial score (nSPS) is 19.3. The first-order chi connectivity index (χ1) is 30.3. The lowest BCUT2D eigenvalue weighted by Crippen LogP contribution is -2.36. The molecule has 10 nitrogen and oxygen atoms in total. The Morgan fingerprint density at radius 2 is 1.19 bits per heavy atom. The minimum atomic E-state index is -0.321. The van der Waals surface area contributed by atoms with Crippen molar-refractivity contribution in [1.82, 2.24) is 30.2 Å². The molecule has 1 fully saturated rings. The third kappa shape index (κ3) is 6.56. The average molecular weight is 821 g/mol. The predicted octanol–water partition coefficient (Wildman–Crippen LogP) is 8.83. The molecule has 1 saturated heterocycles. The quantitative estimate of drug-likeness (QED) is 0.114. The molecule has 0 saturated carbocycles. The number of nitrogens with zero attached hydrogens (tertiary/aromatic N) is 4. The Morgan fingerprint density at radius 1 is 0.645 bits per heavy atom. The Labute approximate surface area is 357 Å². The highest BCUT2D eigenvalue weighted by Gasteiger charge is 2.37. The molecule has 0 radical (unpaired) electrons. The highest BCUT2D eigenvalue weighted by molar-refractivity contribution is 5.98. The molecule has 11 rings (SSSR count). The molecule has 5 heterocycles. The van der Waals surface area contributed by atoms with Crippen molar-refractivity contribution in [2.24, 2.45) is 0 Å². The van der Waals surface area contributed by atoms with E-state index in [0.29, 0.717) is 10.8 Å². The fourth-order valence-corrected chi connectivity index (χ4v) is 10.0. The van der Waals surface area contributed by atoms with E-state index >= 15 is 0 Å². The van der Waals surface area contributed by atoms with Crippen LogP contribution in [0.3, 0.4) is 0 Å². The maximum Gasteiger partial charge on any atom is 0.272 e. The van der Waals surface area contributed by atoms with Crippen molar-refractivity contribution >= 4 is 32.9 Å². The van der Waals surface area contributed by atoms with Gasteiger partial charge < -0.3 is 15.5 Å². The van der Waals surface area contributed by atoms with Crippen molar-refractivity contribution in [2.75, 3.05) is 37.8 Å². The first kappa shape index (κ1) is 38.0. The van der Waals surface area contributed by atoms with E-state index in [1.165, 1.54) is 29.7 Å². The summed E-state index contributed by atoms with van der Waals surface area (Å²) in [7, 11) is 4.15. The van der Waals surface area contributed by atoms with E-state index < -0.39 is 0 Å². The molecule has 8 aromatic rings. The molecular weight excluding hydrogens is 776 g/mol. The summed E-state index contributed by atoms with van der Waals surface area (Å²) in [5.74, 6) is -0.838. The SMILES string of the molecule is CN(C)Cc1cccc(C2Nc3cccc4c(=O)[nH]nc(c34)C2c2ccc(-c3cc(C4Nc5cccc6c(=O)[nH]nc(c56)C4c4ccc(F)cc4)ccc3CN3CCC3)cc2)c1. The summed E-state index contributed by atoms with van der Waals surface area (Å²) in [5, 5.41) is 25.5. The lowest BCUT2D eigenvalue weighted by Gasteiger charge is -2.36. The molecule has 4 atom stereocenters. The maximum absolute atomic E-state index is 14.4. The van der Waals surface area contributed by atoms with Crippen molar-refractivity contribution in [3.63, 3.8) is 0 Å². The van der Waals surface area contributed by atoms with E-state index in [1.807, 2.05) is 48.5 Å². The van der Waals surface area contributed by atoms with Crippen LogP contribution in [0.15, 0.2) is 137 Å². The number of anilines is 2. The van der Waals surface area contributed by atoms with Gasteiger partial charge in [-0.25, -0.2) is 14.6 Å². The molecule has 0 aliphatic carbocycles. The first-order valence-electron chi connectivity index (χ1n) is 21.3. The fraction of sp³-hybridized carbons (Fsp3) is 0.216. The van der Waals surface area contributed by atoms with Crippen LogP contribution in [0.25, 0.3) is 32.7 Å². The van der Waals surface area contributed by atoms with Gasteiger partial charge in [-0.15, -0.1) is 0 Å². The second-order valence-corrected chi connectivity index (χ2v) is 17.2. The van der Waals surface area contributed by atoms with Crippen molar-refractivity contribution in [1.29, 1.82) is 0 Å². The molecule has 0 spiro atoms. The van der Waals surface area contributed by atoms with Gasteiger partial charge in [0.1, 0.15) is 5.82 Å². The van der Waals surface area contributed by atoms with Crippen molar-refractivity contribution in [3.05, 3.63) is 199 Å². The molecule has 308 valence electrons. The number of aromatic nitrogens is 4. The van der Waals surface area contributed by atoms with Crippen LogP contribution in [-0.4, -0.2) is 57.4 Å². The van der Waals surface area contributed by atoms with Crippen LogP contribution in [0.5, 0.6) is 0 Å². The van der Waals surface area contributed by atoms with Crippen LogP contribution in [0.2, 0.25) is 0 Å². The number of rotatable bonds is 9. The van der Waals surface area contributed by atoms with Gasteiger partial charge in [-0.3, -0.25) is 14.5 Å². The van der Waals surface area contributed by atoms with E-state index in [0.717, 1.165) is 93.1 Å². The molecule has 4 unspecified atom stereocenters. The van der Waals surface area contributed by atoms with Crippen LogP contribution in [-0.2, 0) is 13.1 Å². The Bertz CT molecular complexity index is 3140. The number of nitrogens with one attached hydrogen (secondary N) is 4. The molecular formula is C51H45FN8O2. The summed E-state index contributed by atoms with van der Waals surface area (Å²) < 4.78 is 14.4. The third-order valence-corrected chi connectivity index (χ3v) is 13.0. The van der Waals surface area contributed by atoms with Gasteiger partial charge in [0, 0.05) is 35.2 Å². The number of hydrogen-bond donors (Lipinski definition) is 4. The van der Waals surface area contributed by atoms with E-state index in [1.54, 1.807) is 0 Å². The minimum Gasteiger partial charge on any atom is -0.377 e. The van der Waals surface area contributed by atoms with Crippen LogP contribution < -0.4 is 21.8 Å². The van der Waals surface area contributed by atoms with Gasteiger partial charge in [0.2, 0.25) is 0 Å². The molecule has 6 aromatic carbocycles. The zero-order valence-electron chi connectivity index (χ0n) is 34.5. The van der Waals surface area contributed by atoms with Crippen molar-refractivity contribution in [3.8, 4) is 11.1 Å². The average Bonchev–Trinajstić information content (AvgIpc) is 3.27. The second-order valence-electron chi connectivity index (χ2n) is 17.2. The van der Waals surface area contributed by atoms with E-state index in [2.05, 4.69) is 117 Å². The van der Waals surface area contributed by atoms with Crippen molar-refractivity contribution < 1.29 is 4.39 Å². The van der Waals surface area contributed by atoms with Gasteiger partial charge in [-0.1, -0.05) is 84.9 Å². The van der Waals surface area contributed by atoms with Gasteiger partial charge in [0.15, 0.2) is 0 Å². The zero-order valence-corrected chi connectivity index (χ0v) is 34.5. The highest BCUT2D eigenvalue weighted by atomic mass is 19.1. The van der Waals surface area contributed by atoms with E-state index in [9.17, 15) is 14.0 Å². The molecule has 11 heteroatoms. The molecule has 0 amide bonds. The summed E-state index contributed by atoms with van der Waals surface area (Å²) in [6.07, 6.45) is 1.19. The number of aromatic amines is 2. The topological polar surface area (TPSA) is 122 Å². The number of likely N-dealkylation sites (tertiary alicyclic amines) is 1. The van der Waals surface area contributed by atoms with Crippen LogP contribution in [0, 0.1) is 5.82 Å². The molecule has 62 heavy (non-hydrogen) atoms. The smallest absolute Gasteiger partial charge is 0.272 e. The first-order valence-corrected chi connectivity index (χ1v) is 21.3. The minimum absolute atomic E-state index is 0.151. The number of benzene rings is 6. The Hall–Kier alpha value is -6.95.